The maximum absolute atomic E-state index is 12.0. The van der Waals surface area contributed by atoms with Gasteiger partial charge in [-0.3, -0.25) is 9.59 Å². The fraction of sp³-hybridized carbons (Fsp3) is 0. The molecule has 2 N–H and O–H groups in total. The third-order valence-electron chi connectivity index (χ3n) is 2.73. The summed E-state index contributed by atoms with van der Waals surface area (Å²) in [4.78, 5) is 27.8. The Kier molecular flexibility index (Phi) is 3.68. The molecule has 0 saturated heterocycles. The average molecular weight is 319 g/mol. The summed E-state index contributed by atoms with van der Waals surface area (Å²) in [5, 5.41) is 11.4. The third kappa shape index (κ3) is 2.30. The first-order chi connectivity index (χ1) is 10.3. The van der Waals surface area contributed by atoms with E-state index in [4.69, 9.17) is 16.2 Å². The number of nitrogens with zero attached hydrogens (tertiary/aromatic N) is 6. The number of azide groups is 2. The molecular weight excluding hydrogens is 314 g/mol. The van der Waals surface area contributed by atoms with Gasteiger partial charge in [-0.2, -0.15) is 0 Å². The van der Waals surface area contributed by atoms with E-state index >= 15 is 0 Å². The summed E-state index contributed by atoms with van der Waals surface area (Å²) in [6.45, 7) is 0. The summed E-state index contributed by atoms with van der Waals surface area (Å²) in [5.74, 6) is -2.58. The molecule has 0 atom stereocenters. The Balaban J connectivity index is 3.09. The quantitative estimate of drug-likeness (QED) is 0.383. The molecule has 0 fully saturated rings. The van der Waals surface area contributed by atoms with E-state index in [0.717, 1.165) is 0 Å². The largest absolute Gasteiger partial charge is 0.285 e. The number of carbonyl (C=O) groups excluding carboxylic acids is 2. The molecule has 11 nitrogen and oxygen atoms in total. The van der Waals surface area contributed by atoms with Gasteiger partial charge in [-0.25, -0.2) is 13.6 Å². The highest BCUT2D eigenvalue weighted by Crippen LogP contribution is 2.38. The Morgan fingerprint density at radius 3 is 2.23 bits per heavy atom. The number of allylic oxidation sites excluding steroid dienone is 1. The minimum Gasteiger partial charge on any atom is -0.285 e. The second kappa shape index (κ2) is 5.31. The van der Waals surface area contributed by atoms with Crippen LogP contribution in [0.15, 0.2) is 33.3 Å². The number of primary sulfonamides is 1. The van der Waals surface area contributed by atoms with Crippen LogP contribution in [0.25, 0.3) is 26.6 Å². The molecule has 0 bridgehead atoms. The Morgan fingerprint density at radius 1 is 1.05 bits per heavy atom. The van der Waals surface area contributed by atoms with Crippen LogP contribution in [0, 0.1) is 0 Å². The number of rotatable bonds is 3. The zero-order chi connectivity index (χ0) is 16.5. The van der Waals surface area contributed by atoms with Crippen LogP contribution in [-0.4, -0.2) is 20.0 Å². The van der Waals surface area contributed by atoms with Gasteiger partial charge in [0.1, 0.15) is 4.91 Å². The Morgan fingerprint density at radius 2 is 1.68 bits per heavy atom. The zero-order valence-corrected chi connectivity index (χ0v) is 11.4. The molecule has 0 spiro atoms. The van der Waals surface area contributed by atoms with Gasteiger partial charge < -0.3 is 0 Å². The van der Waals surface area contributed by atoms with Crippen molar-refractivity contribution in [2.24, 2.45) is 15.4 Å². The van der Waals surface area contributed by atoms with Crippen molar-refractivity contribution in [3.8, 4) is 0 Å². The van der Waals surface area contributed by atoms with E-state index in [-0.39, 0.29) is 16.8 Å². The first kappa shape index (κ1) is 15.2. The van der Waals surface area contributed by atoms with Gasteiger partial charge in [-0.05, 0) is 11.1 Å². The monoisotopic (exact) mass is 319 g/mol. The number of carbonyl (C=O) groups is 2. The number of nitrogens with two attached hydrogens (primary N) is 1. The summed E-state index contributed by atoms with van der Waals surface area (Å²) < 4.78 is 23.1. The predicted molar refractivity (Wildman–Crippen MR) is 73.8 cm³/mol. The fourth-order valence-electron chi connectivity index (χ4n) is 1.96. The van der Waals surface area contributed by atoms with Crippen molar-refractivity contribution in [2.75, 3.05) is 0 Å². The van der Waals surface area contributed by atoms with Crippen molar-refractivity contribution in [2.45, 2.75) is 0 Å². The molecule has 1 aromatic carbocycles. The third-order valence-corrected chi connectivity index (χ3v) is 3.68. The lowest BCUT2D eigenvalue weighted by Gasteiger charge is -2.18. The summed E-state index contributed by atoms with van der Waals surface area (Å²) >= 11 is 0. The molecule has 110 valence electrons. The van der Waals surface area contributed by atoms with Gasteiger partial charge >= 0.3 is 0 Å². The normalized spacial score (nSPS) is 14.0. The smallest absolute Gasteiger partial charge is 0.246 e. The number of hydrogen-bond acceptors (Lipinski definition) is 6. The van der Waals surface area contributed by atoms with E-state index in [0.29, 0.717) is 0 Å². The van der Waals surface area contributed by atoms with Gasteiger partial charge in [0.2, 0.25) is 21.6 Å². The first-order valence-electron chi connectivity index (χ1n) is 5.42. The van der Waals surface area contributed by atoms with E-state index in [9.17, 15) is 18.0 Å². The fourth-order valence-corrected chi connectivity index (χ4v) is 2.72. The standard InChI is InChI=1S/C10H5N7O4S/c11-16-14-5-3-1-2-4-6(5)7(15-17-12)10(22(13,20)21)9(19)8(4)18/h1-3H,(H2,13,20,21). The summed E-state index contributed by atoms with van der Waals surface area (Å²) in [5.41, 5.74) is 15.8. The number of fused-ring (bicyclic) bond motifs is 1. The second-order valence-corrected chi connectivity index (χ2v) is 5.46. The summed E-state index contributed by atoms with van der Waals surface area (Å²) in [7, 11) is -4.64. The zero-order valence-electron chi connectivity index (χ0n) is 10.5. The van der Waals surface area contributed by atoms with Crippen LogP contribution in [0.4, 0.5) is 5.69 Å². The van der Waals surface area contributed by atoms with Crippen molar-refractivity contribution >= 4 is 33.0 Å². The van der Waals surface area contributed by atoms with Crippen LogP contribution in [0.1, 0.15) is 15.9 Å². The maximum Gasteiger partial charge on any atom is 0.246 e. The lowest BCUT2D eigenvalue weighted by Crippen LogP contribution is -2.31. The topological polar surface area (TPSA) is 192 Å². The van der Waals surface area contributed by atoms with Crippen LogP contribution in [0.5, 0.6) is 0 Å². The van der Waals surface area contributed by atoms with E-state index in [1.165, 1.54) is 18.2 Å². The van der Waals surface area contributed by atoms with Crippen molar-refractivity contribution < 1.29 is 18.0 Å². The minimum atomic E-state index is -4.64. The van der Waals surface area contributed by atoms with Crippen LogP contribution >= 0.6 is 0 Å². The van der Waals surface area contributed by atoms with Crippen LogP contribution in [0.3, 0.4) is 0 Å². The van der Waals surface area contributed by atoms with Gasteiger partial charge in [0.25, 0.3) is 0 Å². The molecule has 2 rings (SSSR count). The molecule has 0 saturated carbocycles. The Labute approximate surface area is 122 Å². The maximum atomic E-state index is 12.0. The highest BCUT2D eigenvalue weighted by molar-refractivity contribution is 7.94. The van der Waals surface area contributed by atoms with Crippen molar-refractivity contribution in [3.05, 3.63) is 55.1 Å². The molecule has 0 aliphatic heterocycles. The Bertz CT molecular complexity index is 949. The molecule has 1 aliphatic rings. The number of benzene rings is 1. The van der Waals surface area contributed by atoms with E-state index in [2.05, 4.69) is 20.1 Å². The molecule has 22 heavy (non-hydrogen) atoms. The number of Topliss-reactive ketones (excluding diaryl/α,β-unsaturated/α-hetero) is 2. The Hall–Kier alpha value is -3.17. The summed E-state index contributed by atoms with van der Waals surface area (Å²) in [6.07, 6.45) is 0. The van der Waals surface area contributed by atoms with Crippen LogP contribution in [0.2, 0.25) is 0 Å². The lowest BCUT2D eigenvalue weighted by molar-refractivity contribution is -0.111. The van der Waals surface area contributed by atoms with Gasteiger partial charge in [0.05, 0.1) is 5.70 Å². The van der Waals surface area contributed by atoms with Crippen molar-refractivity contribution in [1.29, 1.82) is 0 Å². The highest BCUT2D eigenvalue weighted by Gasteiger charge is 2.38. The van der Waals surface area contributed by atoms with Gasteiger partial charge in [0, 0.05) is 26.6 Å². The minimum absolute atomic E-state index is 0.176. The van der Waals surface area contributed by atoms with E-state index in [1.807, 2.05) is 0 Å². The lowest BCUT2D eigenvalue weighted by atomic mass is 9.91. The number of hydrogen-bond donors (Lipinski definition) is 1. The van der Waals surface area contributed by atoms with Gasteiger partial charge in [-0.15, -0.1) is 0 Å². The molecule has 0 aromatic heterocycles. The molecule has 0 heterocycles. The first-order valence-corrected chi connectivity index (χ1v) is 6.97. The van der Waals surface area contributed by atoms with E-state index in [1.54, 1.807) is 0 Å². The van der Waals surface area contributed by atoms with Gasteiger partial charge in [-0.1, -0.05) is 28.4 Å². The molecular formula is C10H5N7O4S. The average Bonchev–Trinajstić information content (AvgIpc) is 2.43. The van der Waals surface area contributed by atoms with E-state index < -0.39 is 32.2 Å². The molecule has 12 heteroatoms. The number of ketones is 2. The summed E-state index contributed by atoms with van der Waals surface area (Å²) in [6, 6.07) is 3.79. The highest BCUT2D eigenvalue weighted by atomic mass is 32.2. The van der Waals surface area contributed by atoms with Crippen molar-refractivity contribution in [3.63, 3.8) is 0 Å². The molecule has 0 amide bonds. The van der Waals surface area contributed by atoms with Gasteiger partial charge in [0.15, 0.2) is 0 Å². The molecule has 1 aliphatic carbocycles. The number of sulfonamides is 1. The predicted octanol–water partition coefficient (Wildman–Crippen LogP) is 1.66. The second-order valence-electron chi connectivity index (χ2n) is 3.96. The molecule has 0 unspecified atom stereocenters. The van der Waals surface area contributed by atoms with Crippen LogP contribution < -0.4 is 5.14 Å². The molecule has 0 radical (unpaired) electrons. The molecule has 1 aromatic rings. The SMILES string of the molecule is [N-]=[N+]=NC1=C(S(N)(=O)=O)C(=O)C(=O)c2cccc(N=[N+]=[N-])c21. The van der Waals surface area contributed by atoms with Crippen molar-refractivity contribution in [1.82, 2.24) is 0 Å². The van der Waals surface area contributed by atoms with Crippen LogP contribution in [-0.2, 0) is 14.8 Å².